The summed E-state index contributed by atoms with van der Waals surface area (Å²) in [7, 11) is -3.79. The summed E-state index contributed by atoms with van der Waals surface area (Å²) in [5.74, 6) is 0.386. The van der Waals surface area contributed by atoms with Gasteiger partial charge in [0.1, 0.15) is 0 Å². The minimum Gasteiger partial charge on any atom is -0.369 e. The van der Waals surface area contributed by atoms with Gasteiger partial charge in [-0.2, -0.15) is 0 Å². The molecule has 2 aliphatic heterocycles. The lowest BCUT2D eigenvalue weighted by Gasteiger charge is -2.30. The van der Waals surface area contributed by atoms with Gasteiger partial charge in [0.15, 0.2) is 0 Å². The molecule has 1 saturated carbocycles. The molecule has 0 atom stereocenters. The summed E-state index contributed by atoms with van der Waals surface area (Å²) >= 11 is 0. The van der Waals surface area contributed by atoms with Crippen LogP contribution in [0.15, 0.2) is 47.4 Å². The Morgan fingerprint density at radius 2 is 1.51 bits per heavy atom. The molecule has 2 heterocycles. The molecule has 3 fully saturated rings. The van der Waals surface area contributed by atoms with Crippen LogP contribution in [0.2, 0.25) is 0 Å². The largest absolute Gasteiger partial charge is 0.369 e. The molecule has 2 aromatic rings. The van der Waals surface area contributed by atoms with Gasteiger partial charge in [-0.1, -0.05) is 17.7 Å². The van der Waals surface area contributed by atoms with E-state index in [2.05, 4.69) is 9.62 Å². The van der Waals surface area contributed by atoms with Gasteiger partial charge in [-0.3, -0.25) is 14.3 Å². The summed E-state index contributed by atoms with van der Waals surface area (Å²) in [6.45, 7) is 6.08. The van der Waals surface area contributed by atoms with Gasteiger partial charge in [0, 0.05) is 56.6 Å². The topological polar surface area (TPSA) is 90.0 Å². The number of benzene rings is 2. The maximum absolute atomic E-state index is 13.7. The van der Waals surface area contributed by atoms with Crippen molar-refractivity contribution in [1.82, 2.24) is 9.80 Å². The Labute approximate surface area is 219 Å². The molecule has 9 heteroatoms. The van der Waals surface area contributed by atoms with Crippen molar-refractivity contribution >= 4 is 33.2 Å². The molecule has 0 spiro atoms. The van der Waals surface area contributed by atoms with Crippen molar-refractivity contribution in [2.75, 3.05) is 48.9 Å². The van der Waals surface area contributed by atoms with Crippen molar-refractivity contribution in [2.24, 2.45) is 5.92 Å². The predicted octanol–water partition coefficient (Wildman–Crippen LogP) is 3.87. The average Bonchev–Trinajstić information content (AvgIpc) is 3.76. The third-order valence-corrected chi connectivity index (χ3v) is 8.93. The Balaban J connectivity index is 1.42. The molecule has 8 nitrogen and oxygen atoms in total. The zero-order chi connectivity index (χ0) is 26.0. The second kappa shape index (κ2) is 10.7. The van der Waals surface area contributed by atoms with E-state index < -0.39 is 10.0 Å². The Hall–Kier alpha value is -3.07. The maximum Gasteiger partial charge on any atom is 0.261 e. The van der Waals surface area contributed by atoms with Gasteiger partial charge in [-0.15, -0.1) is 0 Å². The number of sulfonamides is 1. The lowest BCUT2D eigenvalue weighted by atomic mass is 10.1. The Morgan fingerprint density at radius 1 is 0.811 bits per heavy atom. The minimum atomic E-state index is -3.79. The van der Waals surface area contributed by atoms with E-state index in [0.29, 0.717) is 37.4 Å². The van der Waals surface area contributed by atoms with Crippen LogP contribution in [0.25, 0.3) is 0 Å². The number of amides is 2. The first-order valence-corrected chi connectivity index (χ1v) is 14.9. The third kappa shape index (κ3) is 5.92. The second-order valence-electron chi connectivity index (χ2n) is 10.4. The molecule has 0 unspecified atom stereocenters. The van der Waals surface area contributed by atoms with Gasteiger partial charge in [0.2, 0.25) is 5.91 Å². The predicted molar refractivity (Wildman–Crippen MR) is 144 cm³/mol. The summed E-state index contributed by atoms with van der Waals surface area (Å²) in [5, 5.41) is 0. The standard InChI is InChI=1S/C28H36N4O4S/c1-21-6-11-24(12-7-21)37(35,36)29-23-10-13-26(25(20-23)28(34)31-14-3-2-4-15-31)30-16-5-17-32(19-18-30)27(33)22-8-9-22/h6-7,10-13,20,22,29H,2-5,8-9,14-19H2,1H3. The summed E-state index contributed by atoms with van der Waals surface area (Å²) in [5.41, 5.74) is 2.65. The number of nitrogens with zero attached hydrogens (tertiary/aromatic N) is 3. The first-order chi connectivity index (χ1) is 17.8. The zero-order valence-electron chi connectivity index (χ0n) is 21.5. The highest BCUT2D eigenvalue weighted by Gasteiger charge is 2.34. The molecular formula is C28H36N4O4S. The number of hydrogen-bond donors (Lipinski definition) is 1. The van der Waals surface area contributed by atoms with Crippen LogP contribution in [0.1, 0.15) is 54.4 Å². The first-order valence-electron chi connectivity index (χ1n) is 13.4. The van der Waals surface area contributed by atoms with Gasteiger partial charge >= 0.3 is 0 Å². The third-order valence-electron chi connectivity index (χ3n) is 7.53. The van der Waals surface area contributed by atoms with E-state index in [4.69, 9.17) is 0 Å². The maximum atomic E-state index is 13.7. The Kier molecular flexibility index (Phi) is 7.42. The van der Waals surface area contributed by atoms with E-state index in [1.54, 1.807) is 36.4 Å². The van der Waals surface area contributed by atoms with Crippen LogP contribution in [-0.2, 0) is 14.8 Å². The Bertz CT molecular complexity index is 1250. The van der Waals surface area contributed by atoms with Crippen molar-refractivity contribution in [3.8, 4) is 0 Å². The van der Waals surface area contributed by atoms with Gasteiger partial charge in [0.25, 0.3) is 15.9 Å². The number of aryl methyl sites for hydroxylation is 1. The molecule has 2 aromatic carbocycles. The van der Waals surface area contributed by atoms with E-state index in [9.17, 15) is 18.0 Å². The number of carbonyl (C=O) groups excluding carboxylic acids is 2. The van der Waals surface area contributed by atoms with E-state index in [0.717, 1.165) is 62.9 Å². The average molecular weight is 525 g/mol. The van der Waals surface area contributed by atoms with Crippen molar-refractivity contribution in [3.05, 3.63) is 53.6 Å². The van der Waals surface area contributed by atoms with Crippen LogP contribution < -0.4 is 9.62 Å². The highest BCUT2D eigenvalue weighted by molar-refractivity contribution is 7.92. The van der Waals surface area contributed by atoms with Crippen LogP contribution in [0, 0.1) is 12.8 Å². The summed E-state index contributed by atoms with van der Waals surface area (Å²) < 4.78 is 28.7. The molecule has 37 heavy (non-hydrogen) atoms. The number of nitrogens with one attached hydrogen (secondary N) is 1. The fraction of sp³-hybridized carbons (Fsp3) is 0.500. The number of piperidine rings is 1. The van der Waals surface area contributed by atoms with Gasteiger partial charge in [0.05, 0.1) is 10.5 Å². The molecule has 3 aliphatic rings. The van der Waals surface area contributed by atoms with E-state index in [1.807, 2.05) is 22.8 Å². The summed E-state index contributed by atoms with van der Waals surface area (Å²) in [6.07, 6.45) is 5.88. The first kappa shape index (κ1) is 25.6. The number of hydrogen-bond acceptors (Lipinski definition) is 5. The quantitative estimate of drug-likeness (QED) is 0.620. The molecule has 2 amide bonds. The highest BCUT2D eigenvalue weighted by Crippen LogP contribution is 2.32. The van der Waals surface area contributed by atoms with Crippen LogP contribution in [0.5, 0.6) is 0 Å². The molecule has 5 rings (SSSR count). The molecule has 0 bridgehead atoms. The van der Waals surface area contributed by atoms with Crippen LogP contribution in [-0.4, -0.2) is 69.3 Å². The molecular weight excluding hydrogens is 488 g/mol. The smallest absolute Gasteiger partial charge is 0.261 e. The van der Waals surface area contributed by atoms with E-state index >= 15 is 0 Å². The van der Waals surface area contributed by atoms with Crippen LogP contribution in [0.4, 0.5) is 11.4 Å². The van der Waals surface area contributed by atoms with Crippen molar-refractivity contribution in [1.29, 1.82) is 0 Å². The van der Waals surface area contributed by atoms with Crippen LogP contribution >= 0.6 is 0 Å². The number of likely N-dealkylation sites (tertiary alicyclic amines) is 1. The van der Waals surface area contributed by atoms with Crippen LogP contribution in [0.3, 0.4) is 0 Å². The highest BCUT2D eigenvalue weighted by atomic mass is 32.2. The lowest BCUT2D eigenvalue weighted by molar-refractivity contribution is -0.132. The molecule has 2 saturated heterocycles. The van der Waals surface area contributed by atoms with Gasteiger partial charge in [-0.25, -0.2) is 8.42 Å². The number of carbonyl (C=O) groups is 2. The number of anilines is 2. The second-order valence-corrected chi connectivity index (χ2v) is 12.1. The normalized spacial score (nSPS) is 18.9. The summed E-state index contributed by atoms with van der Waals surface area (Å²) in [6, 6.07) is 11.9. The summed E-state index contributed by atoms with van der Waals surface area (Å²) in [4.78, 5) is 32.5. The van der Waals surface area contributed by atoms with E-state index in [-0.39, 0.29) is 22.6 Å². The molecule has 0 radical (unpaired) electrons. The lowest BCUT2D eigenvalue weighted by Crippen LogP contribution is -2.38. The SMILES string of the molecule is Cc1ccc(S(=O)(=O)Nc2ccc(N3CCCN(C(=O)C4CC4)CC3)c(C(=O)N3CCCCC3)c2)cc1. The molecule has 1 N–H and O–H groups in total. The van der Waals surface area contributed by atoms with Gasteiger partial charge < -0.3 is 14.7 Å². The Morgan fingerprint density at radius 3 is 2.22 bits per heavy atom. The fourth-order valence-electron chi connectivity index (χ4n) is 5.21. The fourth-order valence-corrected chi connectivity index (χ4v) is 6.26. The van der Waals surface area contributed by atoms with E-state index in [1.165, 1.54) is 0 Å². The van der Waals surface area contributed by atoms with Gasteiger partial charge in [-0.05, 0) is 75.8 Å². The monoisotopic (exact) mass is 524 g/mol. The van der Waals surface area contributed by atoms with Crippen molar-refractivity contribution in [2.45, 2.75) is 50.3 Å². The van der Waals surface area contributed by atoms with Crippen molar-refractivity contribution in [3.63, 3.8) is 0 Å². The minimum absolute atomic E-state index is 0.0683. The number of rotatable bonds is 6. The molecule has 198 valence electrons. The molecule has 0 aromatic heterocycles. The van der Waals surface area contributed by atoms with Crippen molar-refractivity contribution < 1.29 is 18.0 Å². The molecule has 1 aliphatic carbocycles. The zero-order valence-corrected chi connectivity index (χ0v) is 22.3.